The molecule has 1 saturated heterocycles. The molecule has 5 heterocycles. The van der Waals surface area contributed by atoms with E-state index in [4.69, 9.17) is 14.5 Å². The number of hydrogen-bond acceptors (Lipinski definition) is 12. The Morgan fingerprint density at radius 1 is 1.12 bits per heavy atom. The first-order chi connectivity index (χ1) is 20.8. The molecule has 13 nitrogen and oxygen atoms in total. The van der Waals surface area contributed by atoms with Crippen LogP contribution >= 0.6 is 0 Å². The van der Waals surface area contributed by atoms with Crippen molar-refractivity contribution in [1.29, 1.82) is 0 Å². The summed E-state index contributed by atoms with van der Waals surface area (Å²) >= 11 is 0. The number of pyridine rings is 1. The van der Waals surface area contributed by atoms with Gasteiger partial charge >= 0.3 is 0 Å². The highest BCUT2D eigenvalue weighted by atomic mass is 32.2. The van der Waals surface area contributed by atoms with Crippen LogP contribution < -0.4 is 15.6 Å². The zero-order chi connectivity index (χ0) is 29.5. The molecule has 4 fully saturated rings. The Labute approximate surface area is 247 Å². The summed E-state index contributed by atoms with van der Waals surface area (Å²) in [5.41, 5.74) is 2.53. The molecule has 3 saturated carbocycles. The van der Waals surface area contributed by atoms with E-state index in [0.717, 1.165) is 37.8 Å². The molecule has 1 aliphatic heterocycles. The van der Waals surface area contributed by atoms with Crippen molar-refractivity contribution in [2.24, 2.45) is 5.92 Å². The summed E-state index contributed by atoms with van der Waals surface area (Å²) < 4.78 is 37.8. The monoisotopic (exact) mass is 602 g/mol. The Morgan fingerprint density at radius 2 is 1.98 bits per heavy atom. The summed E-state index contributed by atoms with van der Waals surface area (Å²) in [6.45, 7) is 1.77. The van der Waals surface area contributed by atoms with Crippen LogP contribution in [0, 0.1) is 5.92 Å². The highest BCUT2D eigenvalue weighted by molar-refractivity contribution is 7.91. The summed E-state index contributed by atoms with van der Waals surface area (Å²) in [5.74, 6) is 1.65. The van der Waals surface area contributed by atoms with Gasteiger partial charge in [-0.1, -0.05) is 6.92 Å². The third kappa shape index (κ3) is 4.13. The number of methoxy groups -OCH3 is 1. The van der Waals surface area contributed by atoms with Crippen LogP contribution in [0.5, 0.6) is 5.88 Å². The van der Waals surface area contributed by atoms with Crippen molar-refractivity contribution >= 4 is 26.8 Å². The molecule has 0 radical (unpaired) electrons. The van der Waals surface area contributed by atoms with Crippen LogP contribution in [0.4, 0.5) is 5.82 Å². The van der Waals surface area contributed by atoms with E-state index in [2.05, 4.69) is 30.2 Å². The van der Waals surface area contributed by atoms with Gasteiger partial charge < -0.3 is 14.8 Å². The predicted octanol–water partition coefficient (Wildman–Crippen LogP) is 2.82. The number of sulfone groups is 1. The maximum atomic E-state index is 14.1. The fourth-order valence-electron chi connectivity index (χ4n) is 6.74. The van der Waals surface area contributed by atoms with Crippen LogP contribution in [-0.4, -0.2) is 67.5 Å². The molecule has 4 atom stereocenters. The Balaban J connectivity index is 1.21. The van der Waals surface area contributed by atoms with Crippen LogP contribution in [0.25, 0.3) is 22.6 Å². The first kappa shape index (κ1) is 26.6. The van der Waals surface area contributed by atoms with Crippen LogP contribution in [0.2, 0.25) is 0 Å². The van der Waals surface area contributed by atoms with Gasteiger partial charge in [-0.3, -0.25) is 14.3 Å². The van der Waals surface area contributed by atoms with Gasteiger partial charge in [0.05, 0.1) is 53.5 Å². The van der Waals surface area contributed by atoms with Gasteiger partial charge in [0.15, 0.2) is 27.1 Å². The van der Waals surface area contributed by atoms with Crippen LogP contribution in [0.15, 0.2) is 40.5 Å². The molecule has 4 aromatic rings. The number of nitrogens with zero attached hydrogens (tertiary/aromatic N) is 7. The number of fused-ring (bicyclic) bond motifs is 1. The molecule has 3 aliphatic carbocycles. The van der Waals surface area contributed by atoms with Crippen LogP contribution in [0.1, 0.15) is 62.4 Å². The largest absolute Gasteiger partial charge is 0.480 e. The fourth-order valence-corrected chi connectivity index (χ4v) is 7.56. The van der Waals surface area contributed by atoms with Gasteiger partial charge in [-0.15, -0.1) is 0 Å². The molecule has 8 rings (SSSR count). The minimum atomic E-state index is -3.36. The average Bonchev–Trinajstić information content (AvgIpc) is 3.94. The number of hydrogen-bond donors (Lipinski definition) is 1. The molecule has 0 amide bonds. The zero-order valence-corrected chi connectivity index (χ0v) is 24.5. The summed E-state index contributed by atoms with van der Waals surface area (Å²) in [4.78, 5) is 41.6. The maximum Gasteiger partial charge on any atom is 0.295 e. The van der Waals surface area contributed by atoms with Crippen LogP contribution in [0.3, 0.4) is 0 Å². The smallest absolute Gasteiger partial charge is 0.295 e. The molecular formula is C29H30N8O5S. The molecule has 43 heavy (non-hydrogen) atoms. The molecule has 14 heteroatoms. The summed E-state index contributed by atoms with van der Waals surface area (Å²) in [6, 6.07) is 2.98. The molecule has 0 aromatic carbocycles. The molecule has 4 aliphatic rings. The highest BCUT2D eigenvalue weighted by Gasteiger charge is 2.74. The maximum absolute atomic E-state index is 14.1. The molecule has 4 aromatic heterocycles. The topological polar surface area (TPSA) is 167 Å². The molecular weight excluding hydrogens is 572 g/mol. The van der Waals surface area contributed by atoms with Crippen molar-refractivity contribution in [3.63, 3.8) is 0 Å². The van der Waals surface area contributed by atoms with Gasteiger partial charge in [-0.05, 0) is 50.2 Å². The predicted molar refractivity (Wildman–Crippen MR) is 154 cm³/mol. The van der Waals surface area contributed by atoms with E-state index < -0.39 is 9.84 Å². The second kappa shape index (κ2) is 9.48. The normalized spacial score (nSPS) is 25.6. The Morgan fingerprint density at radius 3 is 2.60 bits per heavy atom. The third-order valence-electron chi connectivity index (χ3n) is 9.38. The van der Waals surface area contributed by atoms with E-state index in [-0.39, 0.29) is 46.3 Å². The third-order valence-corrected chi connectivity index (χ3v) is 11.1. The molecule has 1 unspecified atom stereocenters. The van der Waals surface area contributed by atoms with Crippen molar-refractivity contribution in [2.75, 3.05) is 18.2 Å². The van der Waals surface area contributed by atoms with E-state index >= 15 is 0 Å². The Kier molecular flexibility index (Phi) is 5.86. The average molecular weight is 603 g/mol. The van der Waals surface area contributed by atoms with Gasteiger partial charge in [0.2, 0.25) is 5.88 Å². The Hall–Kier alpha value is -4.04. The van der Waals surface area contributed by atoms with E-state index in [1.165, 1.54) is 18.6 Å². The molecule has 0 bridgehead atoms. The van der Waals surface area contributed by atoms with Crippen molar-refractivity contribution < 1.29 is 17.9 Å². The SMILES string of the molecule is CCS(=O)(=O)c1ccc(CNc2nc3cnc(-c4c(OC)ncnc4C4CC4)nc3n([C@@H]3C[C@@H]4CCC45O[C@@H]35)c2=O)nc1. The standard InChI is InChI=1S/C29H30N8O5S/c1-3-43(39,40)18-7-6-17(30-12-18)11-31-25-28(38)37(20-10-16-8-9-29(16)23(20)42-29)26-19(35-25)13-32-24(36-26)21-22(15-4-5-15)33-14-34-27(21)41-2/h6-7,12-16,20,23H,3-5,8-11H2,1-2H3,(H,31,35)/t16-,20+,23-,29?/m0/s1. The first-order valence-corrected chi connectivity index (χ1v) is 16.3. The zero-order valence-electron chi connectivity index (χ0n) is 23.7. The first-order valence-electron chi connectivity index (χ1n) is 14.6. The second-order valence-electron chi connectivity index (χ2n) is 11.7. The molecule has 222 valence electrons. The van der Waals surface area contributed by atoms with E-state index in [9.17, 15) is 13.2 Å². The van der Waals surface area contributed by atoms with Crippen molar-refractivity contribution in [1.82, 2.24) is 34.5 Å². The molecule has 1 spiro atoms. The van der Waals surface area contributed by atoms with E-state index in [0.29, 0.717) is 46.0 Å². The number of ether oxygens (including phenoxy) is 2. The Bertz CT molecular complexity index is 1950. The lowest BCUT2D eigenvalue weighted by atomic mass is 9.75. The number of rotatable bonds is 9. The fraction of sp³-hybridized carbons (Fsp3) is 0.483. The number of aromatic nitrogens is 7. The lowest BCUT2D eigenvalue weighted by Crippen LogP contribution is -2.32. The minimum absolute atomic E-state index is 0.00337. The number of anilines is 1. The van der Waals surface area contributed by atoms with Gasteiger partial charge in [-0.2, -0.15) is 0 Å². The van der Waals surface area contributed by atoms with Crippen molar-refractivity contribution in [3.8, 4) is 17.3 Å². The summed E-state index contributed by atoms with van der Waals surface area (Å²) in [6.07, 6.45) is 9.42. The van der Waals surface area contributed by atoms with Gasteiger partial charge in [0.25, 0.3) is 5.56 Å². The van der Waals surface area contributed by atoms with E-state index in [1.807, 2.05) is 0 Å². The highest BCUT2D eigenvalue weighted by Crippen LogP contribution is 2.68. The number of nitrogens with one attached hydrogen (secondary N) is 1. The van der Waals surface area contributed by atoms with Crippen molar-refractivity contribution in [2.45, 2.75) is 74.1 Å². The van der Waals surface area contributed by atoms with Crippen molar-refractivity contribution in [3.05, 3.63) is 52.6 Å². The quantitative estimate of drug-likeness (QED) is 0.279. The lowest BCUT2D eigenvalue weighted by molar-refractivity contribution is 0.0814. The van der Waals surface area contributed by atoms with Crippen LogP contribution in [-0.2, 0) is 21.1 Å². The van der Waals surface area contributed by atoms with Gasteiger partial charge in [-0.25, -0.2) is 33.3 Å². The summed E-state index contributed by atoms with van der Waals surface area (Å²) in [7, 11) is -1.80. The van der Waals surface area contributed by atoms with Gasteiger partial charge in [0.1, 0.15) is 23.5 Å². The summed E-state index contributed by atoms with van der Waals surface area (Å²) in [5, 5.41) is 3.13. The van der Waals surface area contributed by atoms with Gasteiger partial charge in [0, 0.05) is 12.1 Å². The number of epoxide rings is 1. The molecule has 1 N–H and O–H groups in total. The second-order valence-corrected chi connectivity index (χ2v) is 14.0. The minimum Gasteiger partial charge on any atom is -0.480 e. The lowest BCUT2D eigenvalue weighted by Gasteiger charge is -2.31. The van der Waals surface area contributed by atoms with E-state index in [1.54, 1.807) is 30.9 Å².